The molecule has 2 heterocycles. The fraction of sp³-hybridized carbons (Fsp3) is 0.429. The van der Waals surface area contributed by atoms with Crippen molar-refractivity contribution in [2.45, 2.75) is 38.2 Å². The van der Waals surface area contributed by atoms with Crippen LogP contribution in [0.25, 0.3) is 0 Å². The number of likely N-dealkylation sites (tertiary alicyclic amines) is 1. The number of halogens is 7. The van der Waals surface area contributed by atoms with Gasteiger partial charge in [0.2, 0.25) is 11.8 Å². The summed E-state index contributed by atoms with van der Waals surface area (Å²) in [5.74, 6) is -4.10. The highest BCUT2D eigenvalue weighted by Crippen LogP contribution is 2.38. The smallest absolute Gasteiger partial charge is 0.417 e. The van der Waals surface area contributed by atoms with Crippen molar-refractivity contribution in [2.75, 3.05) is 33.3 Å². The topological polar surface area (TPSA) is 87.2 Å². The third kappa shape index (κ3) is 7.08. The van der Waals surface area contributed by atoms with E-state index in [1.165, 1.54) is 24.1 Å². The summed E-state index contributed by atoms with van der Waals surface area (Å²) in [6.45, 7) is -0.165. The maximum atomic E-state index is 13.9. The molecular formula is C28H26F7N3O5. The molecule has 4 amide bonds. The van der Waals surface area contributed by atoms with Crippen LogP contribution in [0.4, 0.5) is 35.5 Å². The number of benzene rings is 2. The molecule has 4 rings (SSSR count). The van der Waals surface area contributed by atoms with Crippen LogP contribution in [0.15, 0.2) is 36.4 Å². The number of aryl methyl sites for hydroxylation is 1. The first kappa shape index (κ1) is 31.8. The predicted molar refractivity (Wildman–Crippen MR) is 135 cm³/mol. The van der Waals surface area contributed by atoms with Crippen LogP contribution in [0.3, 0.4) is 0 Å². The zero-order valence-electron chi connectivity index (χ0n) is 22.9. The van der Waals surface area contributed by atoms with E-state index in [9.17, 15) is 49.9 Å². The highest BCUT2D eigenvalue weighted by atomic mass is 19.4. The molecule has 232 valence electrons. The van der Waals surface area contributed by atoms with E-state index in [2.05, 4.69) is 4.74 Å². The number of rotatable bonds is 6. The molecule has 2 aromatic carbocycles. The summed E-state index contributed by atoms with van der Waals surface area (Å²) in [5, 5.41) is 0. The molecule has 0 radical (unpaired) electrons. The van der Waals surface area contributed by atoms with Gasteiger partial charge in [-0.1, -0.05) is 6.07 Å². The molecule has 0 spiro atoms. The van der Waals surface area contributed by atoms with E-state index in [4.69, 9.17) is 0 Å². The summed E-state index contributed by atoms with van der Waals surface area (Å²) < 4.78 is 98.6. The molecule has 43 heavy (non-hydrogen) atoms. The van der Waals surface area contributed by atoms with Gasteiger partial charge in [-0.15, -0.1) is 0 Å². The highest BCUT2D eigenvalue weighted by Gasteiger charge is 2.41. The minimum Gasteiger partial charge on any atom is -0.439 e. The number of nitrogens with zero attached hydrogens (tertiary/aromatic N) is 3. The van der Waals surface area contributed by atoms with Gasteiger partial charge in [-0.25, -0.2) is 14.1 Å². The van der Waals surface area contributed by atoms with Gasteiger partial charge in [-0.2, -0.15) is 26.3 Å². The van der Waals surface area contributed by atoms with Crippen molar-refractivity contribution in [3.63, 3.8) is 0 Å². The molecule has 2 aliphatic rings. The number of amides is 4. The lowest BCUT2D eigenvalue weighted by atomic mass is 9.78. The van der Waals surface area contributed by atoms with E-state index in [1.54, 1.807) is 6.92 Å². The first-order chi connectivity index (χ1) is 20.0. The van der Waals surface area contributed by atoms with Gasteiger partial charge in [0.15, 0.2) is 6.61 Å². The van der Waals surface area contributed by atoms with Crippen LogP contribution in [0.1, 0.15) is 40.2 Å². The molecule has 2 aliphatic heterocycles. The number of imide groups is 1. The molecule has 0 N–H and O–H groups in total. The van der Waals surface area contributed by atoms with Crippen molar-refractivity contribution in [1.82, 2.24) is 14.7 Å². The highest BCUT2D eigenvalue weighted by molar-refractivity contribution is 6.01. The molecule has 0 bridgehead atoms. The zero-order chi connectivity index (χ0) is 31.9. The quantitative estimate of drug-likeness (QED) is 0.438. The molecule has 2 fully saturated rings. The Morgan fingerprint density at radius 2 is 1.63 bits per heavy atom. The number of ether oxygens (including phenoxy) is 1. The minimum atomic E-state index is -5.06. The normalized spacial score (nSPS) is 19.5. The molecule has 15 heteroatoms. The Morgan fingerprint density at radius 3 is 2.16 bits per heavy atom. The fourth-order valence-corrected chi connectivity index (χ4v) is 5.36. The van der Waals surface area contributed by atoms with E-state index >= 15 is 0 Å². The summed E-state index contributed by atoms with van der Waals surface area (Å²) >= 11 is 0. The lowest BCUT2D eigenvalue weighted by Gasteiger charge is -2.40. The van der Waals surface area contributed by atoms with Crippen LogP contribution >= 0.6 is 0 Å². The molecule has 0 aliphatic carbocycles. The van der Waals surface area contributed by atoms with Gasteiger partial charge in [-0.3, -0.25) is 14.4 Å². The van der Waals surface area contributed by atoms with E-state index in [-0.39, 0.29) is 31.1 Å². The standard InChI is InChI=1S/C28H26F7N3O5/c1-15-7-19(29)3-4-20(15)22-12-37(23(39)13-38-24(40)14-43-26(38)42)6-5-21(22)25(41)36(2)11-16-8-17(27(30,31)32)10-18(9-16)28(33,34)35/h3-4,7-10,21-22H,5-6,11-14H2,1-2H3. The lowest BCUT2D eigenvalue weighted by molar-refractivity contribution is -0.143. The number of carbonyl (C=O) groups excluding carboxylic acids is 4. The number of carbonyl (C=O) groups is 4. The van der Waals surface area contributed by atoms with Crippen molar-refractivity contribution >= 4 is 23.8 Å². The molecule has 8 nitrogen and oxygen atoms in total. The second-order valence-electron chi connectivity index (χ2n) is 10.5. The Morgan fingerprint density at radius 1 is 1.00 bits per heavy atom. The third-order valence-corrected chi connectivity index (χ3v) is 7.49. The van der Waals surface area contributed by atoms with E-state index in [0.29, 0.717) is 28.2 Å². The third-order valence-electron chi connectivity index (χ3n) is 7.49. The number of hydrogen-bond acceptors (Lipinski definition) is 5. The Hall–Kier alpha value is -4.17. The summed E-state index contributed by atoms with van der Waals surface area (Å²) in [6.07, 6.45) is -11.1. The van der Waals surface area contributed by atoms with E-state index < -0.39 is 84.6 Å². The Balaban J connectivity index is 1.59. The van der Waals surface area contributed by atoms with Gasteiger partial charge in [0, 0.05) is 38.5 Å². The number of cyclic esters (lactones) is 1. The Labute approximate surface area is 241 Å². The molecule has 2 aromatic rings. The largest absolute Gasteiger partial charge is 0.439 e. The Kier molecular flexibility index (Phi) is 8.75. The van der Waals surface area contributed by atoms with Crippen LogP contribution in [0, 0.1) is 18.7 Å². The van der Waals surface area contributed by atoms with Crippen molar-refractivity contribution in [3.05, 3.63) is 70.0 Å². The fourth-order valence-electron chi connectivity index (χ4n) is 5.36. The van der Waals surface area contributed by atoms with Crippen molar-refractivity contribution in [3.8, 4) is 0 Å². The summed E-state index contributed by atoms with van der Waals surface area (Å²) in [7, 11) is 1.24. The first-order valence-electron chi connectivity index (χ1n) is 13.0. The van der Waals surface area contributed by atoms with Crippen molar-refractivity contribution in [1.29, 1.82) is 0 Å². The molecular weight excluding hydrogens is 591 g/mol. The number of hydrogen-bond donors (Lipinski definition) is 0. The van der Waals surface area contributed by atoms with Gasteiger partial charge < -0.3 is 14.5 Å². The van der Waals surface area contributed by atoms with Gasteiger partial charge in [-0.05, 0) is 60.4 Å². The second kappa shape index (κ2) is 11.8. The SMILES string of the molecule is Cc1cc(F)ccc1C1CN(C(=O)CN2C(=O)COC2=O)CCC1C(=O)N(C)Cc1cc(C(F)(F)F)cc(C(F)(F)F)c1. The predicted octanol–water partition coefficient (Wildman–Crippen LogP) is 4.74. The maximum absolute atomic E-state index is 13.9. The van der Waals surface area contributed by atoms with Crippen LogP contribution in [0.5, 0.6) is 0 Å². The van der Waals surface area contributed by atoms with E-state index in [1.807, 2.05) is 0 Å². The summed E-state index contributed by atoms with van der Waals surface area (Å²) in [4.78, 5) is 53.3. The van der Waals surface area contributed by atoms with Crippen LogP contribution in [-0.2, 0) is 38.0 Å². The summed E-state index contributed by atoms with van der Waals surface area (Å²) in [5.41, 5.74) is -2.45. The van der Waals surface area contributed by atoms with Gasteiger partial charge >= 0.3 is 18.4 Å². The maximum Gasteiger partial charge on any atom is 0.417 e. The minimum absolute atomic E-state index is 0.000794. The molecule has 0 aromatic heterocycles. The van der Waals surface area contributed by atoms with Crippen LogP contribution in [-0.4, -0.2) is 71.8 Å². The molecule has 0 saturated carbocycles. The number of alkyl halides is 6. The average molecular weight is 618 g/mol. The van der Waals surface area contributed by atoms with Crippen LogP contribution < -0.4 is 0 Å². The monoisotopic (exact) mass is 617 g/mol. The molecule has 2 saturated heterocycles. The van der Waals surface area contributed by atoms with Gasteiger partial charge in [0.05, 0.1) is 11.1 Å². The summed E-state index contributed by atoms with van der Waals surface area (Å²) in [6, 6.07) is 4.92. The van der Waals surface area contributed by atoms with Crippen LogP contribution in [0.2, 0.25) is 0 Å². The van der Waals surface area contributed by atoms with E-state index in [0.717, 1.165) is 11.0 Å². The zero-order valence-corrected chi connectivity index (χ0v) is 22.9. The molecule has 2 unspecified atom stereocenters. The Bertz CT molecular complexity index is 1390. The second-order valence-corrected chi connectivity index (χ2v) is 10.5. The lowest BCUT2D eigenvalue weighted by Crippen LogP contribution is -2.50. The van der Waals surface area contributed by atoms with Gasteiger partial charge in [0.25, 0.3) is 5.91 Å². The number of piperidine rings is 1. The van der Waals surface area contributed by atoms with Gasteiger partial charge in [0.1, 0.15) is 12.4 Å². The van der Waals surface area contributed by atoms with Crippen molar-refractivity contribution < 1.29 is 54.6 Å². The van der Waals surface area contributed by atoms with Crippen molar-refractivity contribution in [2.24, 2.45) is 5.92 Å². The average Bonchev–Trinajstić information content (AvgIpc) is 3.23. The molecule has 2 atom stereocenters. The first-order valence-corrected chi connectivity index (χ1v) is 13.0.